The Morgan fingerprint density at radius 1 is 1.19 bits per heavy atom. The van der Waals surface area contributed by atoms with Gasteiger partial charge in [-0.1, -0.05) is 30.6 Å². The van der Waals surface area contributed by atoms with E-state index in [4.69, 9.17) is 16.1 Å². The summed E-state index contributed by atoms with van der Waals surface area (Å²) >= 11 is 6.61. The van der Waals surface area contributed by atoms with Gasteiger partial charge in [-0.25, -0.2) is 4.39 Å². The lowest BCUT2D eigenvalue weighted by Gasteiger charge is -2.20. The molecule has 0 saturated carbocycles. The molecule has 0 radical (unpaired) electrons. The largest absolute Gasteiger partial charge is 0.340 e. The van der Waals surface area contributed by atoms with Gasteiger partial charge < -0.3 is 19.7 Å². The number of benzene rings is 1. The monoisotopic (exact) mass is 515 g/mol. The summed E-state index contributed by atoms with van der Waals surface area (Å²) < 4.78 is 20.5. The van der Waals surface area contributed by atoms with Crippen molar-refractivity contribution in [3.63, 3.8) is 0 Å². The summed E-state index contributed by atoms with van der Waals surface area (Å²) in [6, 6.07) is 3.54. The van der Waals surface area contributed by atoms with Gasteiger partial charge in [-0.15, -0.1) is 0 Å². The lowest BCUT2D eigenvalue weighted by molar-refractivity contribution is -0.118. The van der Waals surface area contributed by atoms with Crippen LogP contribution < -0.4 is 10.6 Å². The normalized spacial score (nSPS) is 13.9. The second kappa shape index (κ2) is 10.2. The minimum absolute atomic E-state index is 0.0338. The summed E-state index contributed by atoms with van der Waals surface area (Å²) in [5, 5.41) is 9.07. The number of carbonyl (C=O) groups is 3. The molecule has 36 heavy (non-hydrogen) atoms. The Labute approximate surface area is 212 Å². The van der Waals surface area contributed by atoms with Gasteiger partial charge >= 0.3 is 0 Å². The molecule has 3 heterocycles. The summed E-state index contributed by atoms with van der Waals surface area (Å²) in [6.45, 7) is 7.39. The van der Waals surface area contributed by atoms with Crippen LogP contribution in [0.15, 0.2) is 22.7 Å². The molecule has 0 aliphatic carbocycles. The fourth-order valence-electron chi connectivity index (χ4n) is 4.34. The Balaban J connectivity index is 1.65. The molecule has 3 aromatic rings. The van der Waals surface area contributed by atoms with Gasteiger partial charge in [0.15, 0.2) is 5.82 Å². The number of hydrogen-bond donors (Lipinski definition) is 2. The fourth-order valence-corrected chi connectivity index (χ4v) is 4.72. The molecule has 0 bridgehead atoms. The number of nitrogens with one attached hydrogen (secondary N) is 2. The number of fused-ring (bicyclic) bond motifs is 1. The second-order valence-corrected chi connectivity index (χ2v) is 9.59. The average molecular weight is 516 g/mol. The van der Waals surface area contributed by atoms with Crippen molar-refractivity contribution in [2.45, 2.75) is 59.5 Å². The second-order valence-electron chi connectivity index (χ2n) is 9.22. The maximum atomic E-state index is 13.6. The molecule has 1 unspecified atom stereocenters. The van der Waals surface area contributed by atoms with Gasteiger partial charge in [-0.05, 0) is 62.8 Å². The van der Waals surface area contributed by atoms with E-state index in [1.165, 1.54) is 18.2 Å². The van der Waals surface area contributed by atoms with Gasteiger partial charge in [0.05, 0.1) is 10.6 Å². The average Bonchev–Trinajstić information content (AvgIpc) is 3.38. The number of hydrogen-bond acceptors (Lipinski definition) is 6. The Morgan fingerprint density at radius 2 is 1.94 bits per heavy atom. The molecular weight excluding hydrogens is 489 g/mol. The minimum Gasteiger partial charge on any atom is -0.340 e. The number of anilines is 1. The van der Waals surface area contributed by atoms with Gasteiger partial charge in [0, 0.05) is 17.9 Å². The van der Waals surface area contributed by atoms with Crippen LogP contribution in [-0.4, -0.2) is 32.3 Å². The molecule has 2 amide bonds. The van der Waals surface area contributed by atoms with E-state index in [-0.39, 0.29) is 33.9 Å². The zero-order valence-corrected chi connectivity index (χ0v) is 21.2. The smallest absolute Gasteiger partial charge is 0.294 e. The molecule has 1 aliphatic rings. The predicted octanol–water partition coefficient (Wildman–Crippen LogP) is 4.57. The van der Waals surface area contributed by atoms with Crippen LogP contribution in [0.1, 0.15) is 76.5 Å². The first-order valence-corrected chi connectivity index (χ1v) is 12.1. The molecule has 0 fully saturated rings. The van der Waals surface area contributed by atoms with E-state index in [0.29, 0.717) is 35.7 Å². The van der Waals surface area contributed by atoms with E-state index in [1.54, 1.807) is 18.4 Å². The first kappa shape index (κ1) is 25.6. The van der Waals surface area contributed by atoms with E-state index in [9.17, 15) is 18.8 Å². The third kappa shape index (κ3) is 4.90. The number of Topliss-reactive ketones (excluding diaryl/α,β-unsaturated/α-hetero) is 1. The summed E-state index contributed by atoms with van der Waals surface area (Å²) in [5.74, 6) is -2.20. The van der Waals surface area contributed by atoms with Crippen LogP contribution in [0.5, 0.6) is 0 Å². The van der Waals surface area contributed by atoms with Crippen molar-refractivity contribution in [1.29, 1.82) is 0 Å². The Morgan fingerprint density at radius 3 is 2.58 bits per heavy atom. The third-order valence-corrected chi connectivity index (χ3v) is 6.55. The lowest BCUT2D eigenvalue weighted by atomic mass is 10.0. The molecule has 2 aromatic heterocycles. The first-order chi connectivity index (χ1) is 17.1. The number of ketones is 1. The van der Waals surface area contributed by atoms with Crippen LogP contribution in [0.4, 0.5) is 10.1 Å². The molecule has 0 saturated heterocycles. The Kier molecular flexibility index (Phi) is 7.26. The molecule has 1 aromatic carbocycles. The molecule has 11 heteroatoms. The van der Waals surface area contributed by atoms with E-state index >= 15 is 0 Å². The molecular formula is C25H27ClFN5O4. The van der Waals surface area contributed by atoms with Crippen LogP contribution >= 0.6 is 11.6 Å². The maximum Gasteiger partial charge on any atom is 0.294 e. The number of carbonyl (C=O) groups excluding carboxylic acids is 3. The molecule has 190 valence electrons. The van der Waals surface area contributed by atoms with Crippen LogP contribution in [0.25, 0.3) is 0 Å². The molecule has 0 spiro atoms. The van der Waals surface area contributed by atoms with Crippen molar-refractivity contribution in [2.75, 3.05) is 5.32 Å². The molecule has 9 nitrogen and oxygen atoms in total. The SMILES string of the molecule is Cc1noc(C(NC(=O)C(=O)c2c(Cl)c(C(=O)Nc3ccc(F)c(C)c3)c3n2CCCC3)C(C)C)n1. The number of aryl methyl sites for hydroxylation is 2. The lowest BCUT2D eigenvalue weighted by Crippen LogP contribution is -2.38. The zero-order chi connectivity index (χ0) is 26.1. The number of amides is 2. The highest BCUT2D eigenvalue weighted by molar-refractivity contribution is 6.48. The van der Waals surface area contributed by atoms with Crippen molar-refractivity contribution in [3.05, 3.63) is 63.3 Å². The number of aromatic nitrogens is 3. The first-order valence-electron chi connectivity index (χ1n) is 11.7. The molecule has 4 rings (SSSR count). The highest BCUT2D eigenvalue weighted by Crippen LogP contribution is 2.34. The van der Waals surface area contributed by atoms with Gasteiger partial charge in [-0.2, -0.15) is 4.98 Å². The zero-order valence-electron chi connectivity index (χ0n) is 20.4. The van der Waals surface area contributed by atoms with Gasteiger partial charge in [-0.3, -0.25) is 14.4 Å². The Bertz CT molecular complexity index is 1350. The van der Waals surface area contributed by atoms with Crippen molar-refractivity contribution < 1.29 is 23.3 Å². The van der Waals surface area contributed by atoms with Gasteiger partial charge in [0.1, 0.15) is 17.6 Å². The highest BCUT2D eigenvalue weighted by atomic mass is 35.5. The van der Waals surface area contributed by atoms with Crippen LogP contribution in [-0.2, 0) is 17.8 Å². The molecule has 2 N–H and O–H groups in total. The molecule has 1 aliphatic heterocycles. The number of rotatable bonds is 7. The number of nitrogens with zero attached hydrogens (tertiary/aromatic N) is 3. The van der Waals surface area contributed by atoms with Crippen LogP contribution in [0.2, 0.25) is 5.02 Å². The maximum absolute atomic E-state index is 13.6. The van der Waals surface area contributed by atoms with Crippen molar-refractivity contribution in [1.82, 2.24) is 20.0 Å². The van der Waals surface area contributed by atoms with Gasteiger partial charge in [0.2, 0.25) is 5.89 Å². The summed E-state index contributed by atoms with van der Waals surface area (Å²) in [5.41, 5.74) is 1.47. The minimum atomic E-state index is -0.890. The summed E-state index contributed by atoms with van der Waals surface area (Å²) in [7, 11) is 0. The molecule has 1 atom stereocenters. The van der Waals surface area contributed by atoms with Crippen LogP contribution in [0.3, 0.4) is 0 Å². The van der Waals surface area contributed by atoms with Gasteiger partial charge in [0.25, 0.3) is 17.6 Å². The van der Waals surface area contributed by atoms with E-state index in [1.807, 2.05) is 13.8 Å². The van der Waals surface area contributed by atoms with E-state index < -0.39 is 23.6 Å². The quantitative estimate of drug-likeness (QED) is 0.351. The van der Waals surface area contributed by atoms with E-state index in [0.717, 1.165) is 12.8 Å². The predicted molar refractivity (Wildman–Crippen MR) is 131 cm³/mol. The summed E-state index contributed by atoms with van der Waals surface area (Å²) in [4.78, 5) is 43.8. The topological polar surface area (TPSA) is 119 Å². The highest BCUT2D eigenvalue weighted by Gasteiger charge is 2.35. The fraction of sp³-hybridized carbons (Fsp3) is 0.400. The number of halogens is 2. The van der Waals surface area contributed by atoms with Crippen molar-refractivity contribution in [3.8, 4) is 0 Å². The van der Waals surface area contributed by atoms with Crippen molar-refractivity contribution in [2.24, 2.45) is 5.92 Å². The van der Waals surface area contributed by atoms with Crippen molar-refractivity contribution >= 4 is 34.9 Å². The Hall–Kier alpha value is -3.53. The standard InChI is InChI=1S/C25H27ClFN5O4/c1-12(2)20(25-28-14(4)31-36-25)30-24(35)22(33)21-19(26)18(17-7-5-6-10-32(17)21)23(34)29-15-8-9-16(27)13(3)11-15/h8-9,11-12,20H,5-7,10H2,1-4H3,(H,29,34)(H,30,35). The third-order valence-electron chi connectivity index (χ3n) is 6.18. The summed E-state index contributed by atoms with van der Waals surface area (Å²) in [6.07, 6.45) is 2.10. The van der Waals surface area contributed by atoms with E-state index in [2.05, 4.69) is 20.8 Å². The van der Waals surface area contributed by atoms with Crippen LogP contribution in [0, 0.1) is 25.6 Å².